The molecule has 166 valence electrons. The number of amides is 1. The number of hydrogen-bond acceptors (Lipinski definition) is 5. The molecule has 0 aliphatic carbocycles. The molecule has 0 fully saturated rings. The summed E-state index contributed by atoms with van der Waals surface area (Å²) in [5.74, 6) is -0.212. The summed E-state index contributed by atoms with van der Waals surface area (Å²) in [7, 11) is -3.88. The lowest BCUT2D eigenvalue weighted by Gasteiger charge is -2.18. The highest BCUT2D eigenvalue weighted by molar-refractivity contribution is 7.89. The zero-order valence-corrected chi connectivity index (χ0v) is 18.8. The van der Waals surface area contributed by atoms with Gasteiger partial charge in [0.25, 0.3) is 15.9 Å². The number of nitrogens with zero attached hydrogens (tertiary/aromatic N) is 2. The topological polar surface area (TPSA) is 106 Å². The highest BCUT2D eigenvalue weighted by Crippen LogP contribution is 2.22. The molecule has 0 atom stereocenters. The number of furan rings is 1. The molecule has 0 unspecified atom stereocenters. The third-order valence-electron chi connectivity index (χ3n) is 4.67. The second-order valence-electron chi connectivity index (χ2n) is 8.44. The Bertz CT molecular complexity index is 1380. The van der Waals surface area contributed by atoms with E-state index in [1.165, 1.54) is 12.1 Å². The van der Waals surface area contributed by atoms with E-state index in [0.29, 0.717) is 12.4 Å². The molecule has 0 saturated heterocycles. The van der Waals surface area contributed by atoms with Crippen molar-refractivity contribution in [3.63, 3.8) is 0 Å². The van der Waals surface area contributed by atoms with E-state index in [2.05, 4.69) is 15.1 Å². The predicted molar refractivity (Wildman–Crippen MR) is 122 cm³/mol. The van der Waals surface area contributed by atoms with Crippen LogP contribution in [0.5, 0.6) is 0 Å². The van der Waals surface area contributed by atoms with Gasteiger partial charge in [-0.2, -0.15) is 5.10 Å². The van der Waals surface area contributed by atoms with Crippen molar-refractivity contribution in [2.24, 2.45) is 0 Å². The van der Waals surface area contributed by atoms with E-state index in [9.17, 15) is 13.2 Å². The van der Waals surface area contributed by atoms with Crippen LogP contribution in [0.25, 0.3) is 10.8 Å². The van der Waals surface area contributed by atoms with Crippen LogP contribution in [0.1, 0.15) is 36.9 Å². The monoisotopic (exact) mass is 452 g/mol. The first-order valence-corrected chi connectivity index (χ1v) is 11.5. The van der Waals surface area contributed by atoms with Crippen molar-refractivity contribution >= 4 is 32.5 Å². The van der Waals surface area contributed by atoms with Crippen LogP contribution < -0.4 is 10.0 Å². The molecule has 0 radical (unpaired) electrons. The van der Waals surface area contributed by atoms with Gasteiger partial charge in [-0.1, -0.05) is 42.5 Å². The number of nitrogens with one attached hydrogen (secondary N) is 2. The highest BCUT2D eigenvalue weighted by Gasteiger charge is 2.26. The largest absolute Gasteiger partial charge is 0.438 e. The number of carbonyl (C=O) groups is 1. The average molecular weight is 453 g/mol. The number of carbonyl (C=O) groups excluding carboxylic acids is 1. The van der Waals surface area contributed by atoms with Crippen LogP contribution in [0.3, 0.4) is 0 Å². The number of anilines is 1. The molecule has 1 amide bonds. The molecule has 32 heavy (non-hydrogen) atoms. The lowest BCUT2D eigenvalue weighted by Crippen LogP contribution is -2.40. The van der Waals surface area contributed by atoms with Gasteiger partial charge >= 0.3 is 0 Å². The maximum Gasteiger partial charge on any atom is 0.292 e. The number of sulfonamides is 1. The fraction of sp³-hybridized carbons (Fsp3) is 0.217. The first-order chi connectivity index (χ1) is 15.1. The first-order valence-electron chi connectivity index (χ1n) is 10.1. The van der Waals surface area contributed by atoms with Crippen LogP contribution >= 0.6 is 0 Å². The van der Waals surface area contributed by atoms with Gasteiger partial charge in [0.2, 0.25) is 5.09 Å². The van der Waals surface area contributed by atoms with Gasteiger partial charge in [-0.05, 0) is 49.2 Å². The molecule has 2 N–H and O–H groups in total. The van der Waals surface area contributed by atoms with Crippen LogP contribution in [-0.4, -0.2) is 29.6 Å². The summed E-state index contributed by atoms with van der Waals surface area (Å²) >= 11 is 0. The molecule has 0 spiro atoms. The molecular weight excluding hydrogens is 428 g/mol. The van der Waals surface area contributed by atoms with Crippen LogP contribution in [0.15, 0.2) is 76.4 Å². The SMILES string of the molecule is CC(C)(C)NS(=O)(=O)c1ccc(C(=O)Nc2ccnn2Cc2cccc3ccccc23)o1. The molecule has 4 aromatic rings. The molecule has 0 aliphatic rings. The van der Waals surface area contributed by atoms with Crippen molar-refractivity contribution < 1.29 is 17.6 Å². The number of benzene rings is 2. The van der Waals surface area contributed by atoms with Crippen molar-refractivity contribution in [1.82, 2.24) is 14.5 Å². The molecule has 8 nitrogen and oxygen atoms in total. The van der Waals surface area contributed by atoms with E-state index < -0.39 is 21.5 Å². The number of fused-ring (bicyclic) bond motifs is 1. The standard InChI is InChI=1S/C23H24N4O4S/c1-23(2,3)26-32(29,30)21-12-11-19(31-21)22(28)25-20-13-14-24-27(20)15-17-9-6-8-16-7-4-5-10-18(16)17/h4-14,26H,15H2,1-3H3,(H,25,28). The van der Waals surface area contributed by atoms with Crippen molar-refractivity contribution in [3.05, 3.63) is 78.2 Å². The van der Waals surface area contributed by atoms with Crippen LogP contribution in [-0.2, 0) is 16.6 Å². The molecular formula is C23H24N4O4S. The maximum absolute atomic E-state index is 12.7. The molecule has 9 heteroatoms. The van der Waals surface area contributed by atoms with Crippen molar-refractivity contribution in [3.8, 4) is 0 Å². The van der Waals surface area contributed by atoms with Crippen LogP contribution in [0.2, 0.25) is 0 Å². The summed E-state index contributed by atoms with van der Waals surface area (Å²) in [6.45, 7) is 5.62. The zero-order chi connectivity index (χ0) is 22.9. The first kappa shape index (κ1) is 21.8. The Kier molecular flexibility index (Phi) is 5.62. The average Bonchev–Trinajstić information content (AvgIpc) is 3.37. The summed E-state index contributed by atoms with van der Waals surface area (Å²) in [5, 5.41) is 8.97. The Morgan fingerprint density at radius 1 is 1.03 bits per heavy atom. The summed E-state index contributed by atoms with van der Waals surface area (Å²) < 4.78 is 34.3. The van der Waals surface area contributed by atoms with Crippen LogP contribution in [0.4, 0.5) is 5.82 Å². The van der Waals surface area contributed by atoms with E-state index in [0.717, 1.165) is 16.3 Å². The van der Waals surface area contributed by atoms with Crippen molar-refractivity contribution in [1.29, 1.82) is 0 Å². The summed E-state index contributed by atoms with van der Waals surface area (Å²) in [4.78, 5) is 12.7. The second kappa shape index (κ2) is 8.25. The Morgan fingerprint density at radius 2 is 1.78 bits per heavy atom. The van der Waals surface area contributed by atoms with Gasteiger partial charge in [0.15, 0.2) is 5.76 Å². The number of rotatable bonds is 6. The normalized spacial score (nSPS) is 12.2. The third-order valence-corrected chi connectivity index (χ3v) is 6.30. The minimum absolute atomic E-state index is 0.114. The zero-order valence-electron chi connectivity index (χ0n) is 18.0. The fourth-order valence-electron chi connectivity index (χ4n) is 3.37. The lowest BCUT2D eigenvalue weighted by molar-refractivity contribution is 0.0990. The highest BCUT2D eigenvalue weighted by atomic mass is 32.2. The Labute approximate surface area is 186 Å². The van der Waals surface area contributed by atoms with Gasteiger partial charge in [0.1, 0.15) is 5.82 Å². The van der Waals surface area contributed by atoms with Gasteiger partial charge < -0.3 is 9.73 Å². The van der Waals surface area contributed by atoms with Gasteiger partial charge in [0.05, 0.1) is 12.7 Å². The maximum atomic E-state index is 12.7. The Hall–Kier alpha value is -3.43. The molecule has 2 aromatic heterocycles. The van der Waals surface area contributed by atoms with Gasteiger partial charge in [-0.3, -0.25) is 4.79 Å². The third kappa shape index (κ3) is 4.74. The molecule has 0 aliphatic heterocycles. The van der Waals surface area contributed by atoms with Crippen molar-refractivity contribution in [2.45, 2.75) is 37.9 Å². The van der Waals surface area contributed by atoms with E-state index in [1.807, 2.05) is 42.5 Å². The molecule has 2 heterocycles. The summed E-state index contributed by atoms with van der Waals surface area (Å²) in [6, 6.07) is 18.4. The Balaban J connectivity index is 1.53. The van der Waals surface area contributed by atoms with Gasteiger partial charge in [0, 0.05) is 11.6 Å². The van der Waals surface area contributed by atoms with Gasteiger partial charge in [-0.25, -0.2) is 17.8 Å². The lowest BCUT2D eigenvalue weighted by atomic mass is 10.0. The van der Waals surface area contributed by atoms with E-state index in [-0.39, 0.29) is 10.9 Å². The number of aromatic nitrogens is 2. The van der Waals surface area contributed by atoms with Gasteiger partial charge in [-0.15, -0.1) is 0 Å². The minimum Gasteiger partial charge on any atom is -0.438 e. The molecule has 4 rings (SSSR count). The quantitative estimate of drug-likeness (QED) is 0.460. The summed E-state index contributed by atoms with van der Waals surface area (Å²) in [6.07, 6.45) is 1.59. The fourth-order valence-corrected chi connectivity index (χ4v) is 4.73. The molecule has 0 saturated carbocycles. The molecule has 0 bridgehead atoms. The number of hydrogen-bond donors (Lipinski definition) is 2. The van der Waals surface area contributed by atoms with E-state index in [4.69, 9.17) is 4.42 Å². The van der Waals surface area contributed by atoms with E-state index >= 15 is 0 Å². The minimum atomic E-state index is -3.88. The predicted octanol–water partition coefficient (Wildman–Crippen LogP) is 4.01. The smallest absolute Gasteiger partial charge is 0.292 e. The van der Waals surface area contributed by atoms with Crippen molar-refractivity contribution in [2.75, 3.05) is 5.32 Å². The molecule has 2 aromatic carbocycles. The van der Waals surface area contributed by atoms with Crippen LogP contribution in [0, 0.1) is 0 Å². The second-order valence-corrected chi connectivity index (χ2v) is 10.1. The van der Waals surface area contributed by atoms with E-state index in [1.54, 1.807) is 37.7 Å². The summed E-state index contributed by atoms with van der Waals surface area (Å²) in [5.41, 5.74) is 0.379. The Morgan fingerprint density at radius 3 is 2.56 bits per heavy atom.